The molecule has 17 aromatic rings. The predicted molar refractivity (Wildman–Crippen MR) is 419 cm³/mol. The van der Waals surface area contributed by atoms with Crippen LogP contribution in [0.1, 0.15) is 49.9 Å². The highest BCUT2D eigenvalue weighted by atomic mass is 15.2. The molecule has 2 aliphatic carbocycles. The summed E-state index contributed by atoms with van der Waals surface area (Å²) in [6.45, 7) is 9.67. The van der Waals surface area contributed by atoms with Crippen molar-refractivity contribution in [1.29, 1.82) is 0 Å². The standard InChI is InChI=1S/C96H66N4/c1-95(2)80-31-20-30-76-75-48-47-70(58-87(75)100-85-34-19-16-29-74(85)78-49-52-81(95)90(88(76)80)93(78)100)97(67-23-10-6-11-24-67)69-45-43-63(44-46-69)62-37-35-60(36-38-62)61-39-41-64(42-40-61)66-55-65(59-21-8-5-9-22-59)56-71(57-66)98(68-25-12-7-13-26-68)86-54-51-77-72-27-14-17-32-83(72)99-84-33-18-15-28-73(84)79-50-53-82-91(94(79)99)89(77)92(86)96(82,3)4/h5-58H,1-4H3. The van der Waals surface area contributed by atoms with Gasteiger partial charge in [0.1, 0.15) is 0 Å². The Morgan fingerprint density at radius 3 is 1.29 bits per heavy atom. The third-order valence-corrected chi connectivity index (χ3v) is 22.7. The van der Waals surface area contributed by atoms with Crippen LogP contribution in [0.5, 0.6) is 0 Å². The van der Waals surface area contributed by atoms with Crippen LogP contribution in [-0.4, -0.2) is 9.13 Å². The Morgan fingerprint density at radius 1 is 0.240 bits per heavy atom. The molecule has 0 bridgehead atoms. The van der Waals surface area contributed by atoms with Gasteiger partial charge in [0.15, 0.2) is 0 Å². The number of fused-ring (bicyclic) bond motifs is 12. The molecule has 0 radical (unpaired) electrons. The molecule has 0 fully saturated rings. The number of anilines is 6. The summed E-state index contributed by atoms with van der Waals surface area (Å²) in [7, 11) is 0. The van der Waals surface area contributed by atoms with Crippen LogP contribution >= 0.6 is 0 Å². The lowest BCUT2D eigenvalue weighted by atomic mass is 9.80. The van der Waals surface area contributed by atoms with E-state index < -0.39 is 0 Å². The van der Waals surface area contributed by atoms with Crippen LogP contribution in [0.4, 0.5) is 34.1 Å². The van der Waals surface area contributed by atoms with Crippen LogP contribution in [0.25, 0.3) is 144 Å². The summed E-state index contributed by atoms with van der Waals surface area (Å²) in [6.07, 6.45) is 0. The predicted octanol–water partition coefficient (Wildman–Crippen LogP) is 26.1. The van der Waals surface area contributed by atoms with Crippen molar-refractivity contribution in [2.75, 3.05) is 9.80 Å². The molecule has 0 spiro atoms. The van der Waals surface area contributed by atoms with E-state index >= 15 is 0 Å². The topological polar surface area (TPSA) is 16.3 Å². The molecule has 2 aromatic heterocycles. The lowest BCUT2D eigenvalue weighted by Crippen LogP contribution is -2.21. The van der Waals surface area contributed by atoms with E-state index in [0.29, 0.717) is 0 Å². The second-order valence-electron chi connectivity index (χ2n) is 28.7. The normalized spacial score (nSPS) is 13.6. The summed E-state index contributed by atoms with van der Waals surface area (Å²) in [4.78, 5) is 4.94. The molecule has 470 valence electrons. The summed E-state index contributed by atoms with van der Waals surface area (Å²) in [5, 5.41) is 5.15. The molecule has 4 heterocycles. The van der Waals surface area contributed by atoms with Crippen LogP contribution < -0.4 is 9.80 Å². The average molecular weight is 1280 g/mol. The van der Waals surface area contributed by atoms with Crippen molar-refractivity contribution in [3.63, 3.8) is 0 Å². The summed E-state index contributed by atoms with van der Waals surface area (Å²) in [5.74, 6) is 0. The highest BCUT2D eigenvalue weighted by Crippen LogP contribution is 2.63. The van der Waals surface area contributed by atoms with Gasteiger partial charge in [-0.3, -0.25) is 0 Å². The van der Waals surface area contributed by atoms with E-state index in [1.165, 1.54) is 150 Å². The van der Waals surface area contributed by atoms with Crippen molar-refractivity contribution in [3.05, 3.63) is 350 Å². The zero-order valence-corrected chi connectivity index (χ0v) is 56.0. The van der Waals surface area contributed by atoms with Crippen LogP contribution in [0.15, 0.2) is 328 Å². The summed E-state index contributed by atoms with van der Waals surface area (Å²) in [6, 6.07) is 123. The number of rotatable bonds is 10. The van der Waals surface area contributed by atoms with E-state index in [-0.39, 0.29) is 10.8 Å². The van der Waals surface area contributed by atoms with Gasteiger partial charge >= 0.3 is 0 Å². The first-order chi connectivity index (χ1) is 49.1. The quantitative estimate of drug-likeness (QED) is 0.136. The highest BCUT2D eigenvalue weighted by Gasteiger charge is 2.45. The Hall–Kier alpha value is -12.5. The minimum absolute atomic E-state index is 0.111. The second-order valence-corrected chi connectivity index (χ2v) is 28.7. The monoisotopic (exact) mass is 1270 g/mol. The second kappa shape index (κ2) is 21.0. The van der Waals surface area contributed by atoms with E-state index in [0.717, 1.165) is 50.7 Å². The number of aromatic nitrogens is 2. The van der Waals surface area contributed by atoms with Crippen molar-refractivity contribution in [2.45, 2.75) is 38.5 Å². The molecule has 0 saturated carbocycles. The van der Waals surface area contributed by atoms with Crippen molar-refractivity contribution in [3.8, 4) is 100 Å². The molecule has 0 unspecified atom stereocenters. The minimum atomic E-state index is -0.340. The van der Waals surface area contributed by atoms with Gasteiger partial charge in [-0.1, -0.05) is 264 Å². The van der Waals surface area contributed by atoms with Gasteiger partial charge in [0.2, 0.25) is 0 Å². The smallest absolute Gasteiger partial charge is 0.0623 e. The lowest BCUT2D eigenvalue weighted by Gasteiger charge is -2.33. The van der Waals surface area contributed by atoms with Crippen molar-refractivity contribution >= 4 is 77.7 Å². The van der Waals surface area contributed by atoms with Gasteiger partial charge in [-0.2, -0.15) is 0 Å². The minimum Gasteiger partial charge on any atom is -0.310 e. The third kappa shape index (κ3) is 7.99. The van der Waals surface area contributed by atoms with Crippen molar-refractivity contribution in [1.82, 2.24) is 9.13 Å². The van der Waals surface area contributed by atoms with Gasteiger partial charge in [0.05, 0.1) is 39.1 Å². The zero-order valence-electron chi connectivity index (χ0n) is 56.0. The Kier molecular flexibility index (Phi) is 11.9. The first-order valence-corrected chi connectivity index (χ1v) is 35.1. The molecular formula is C96H66N4. The molecule has 4 nitrogen and oxygen atoms in total. The molecule has 15 aromatic carbocycles. The SMILES string of the molecule is CC1(C)c2cccc3c2-c2c1ccc1c4ccccc4n(c21)-c1cc(N(c2ccccc2)c2ccc(-c4ccc(-c5ccc(-c6cc(-c7ccccc7)cc(N(c7ccccc7)c7ccc8c9c7C(C)(C)c7ccc%10c%11ccccc%11n(c%10c7-9)-c7ccccc7-8)c6)cc5)cc4)cc2)ccc1-3. The molecule has 4 heteroatoms. The van der Waals surface area contributed by atoms with E-state index in [1.807, 2.05) is 0 Å². The molecule has 21 rings (SSSR count). The van der Waals surface area contributed by atoms with Crippen LogP contribution in [-0.2, 0) is 10.8 Å². The Morgan fingerprint density at radius 2 is 0.670 bits per heavy atom. The first-order valence-electron chi connectivity index (χ1n) is 35.1. The average Bonchev–Trinajstić information content (AvgIpc) is 1.52. The van der Waals surface area contributed by atoms with Crippen LogP contribution in [0.2, 0.25) is 0 Å². The largest absolute Gasteiger partial charge is 0.310 e. The Balaban J connectivity index is 0.629. The fraction of sp³-hybridized carbons (Fsp3) is 0.0625. The zero-order chi connectivity index (χ0) is 66.3. The van der Waals surface area contributed by atoms with E-state index in [1.54, 1.807) is 0 Å². The maximum absolute atomic E-state index is 2.57. The van der Waals surface area contributed by atoms with Gasteiger partial charge in [-0.05, 0) is 180 Å². The molecule has 0 saturated heterocycles. The van der Waals surface area contributed by atoms with Crippen LogP contribution in [0, 0.1) is 0 Å². The summed E-state index contributed by atoms with van der Waals surface area (Å²) >= 11 is 0. The Bertz CT molecular complexity index is 6290. The summed E-state index contributed by atoms with van der Waals surface area (Å²) in [5.41, 5.74) is 39.0. The maximum Gasteiger partial charge on any atom is 0.0623 e. The molecule has 0 N–H and O–H groups in total. The number of hydrogen-bond donors (Lipinski definition) is 0. The number of nitrogens with zero attached hydrogens (tertiary/aromatic N) is 4. The highest BCUT2D eigenvalue weighted by molar-refractivity contribution is 6.21. The molecular weight excluding hydrogens is 1210 g/mol. The van der Waals surface area contributed by atoms with Gasteiger partial charge in [0.25, 0.3) is 0 Å². The fourth-order valence-electron chi connectivity index (χ4n) is 18.1. The molecule has 4 aliphatic rings. The van der Waals surface area contributed by atoms with Gasteiger partial charge in [-0.25, -0.2) is 0 Å². The maximum atomic E-state index is 2.57. The number of hydrogen-bond acceptors (Lipinski definition) is 2. The van der Waals surface area contributed by atoms with E-state index in [9.17, 15) is 0 Å². The van der Waals surface area contributed by atoms with Crippen molar-refractivity contribution < 1.29 is 0 Å². The van der Waals surface area contributed by atoms with Gasteiger partial charge in [0, 0.05) is 83.1 Å². The van der Waals surface area contributed by atoms with Crippen molar-refractivity contribution in [2.24, 2.45) is 0 Å². The van der Waals surface area contributed by atoms with Gasteiger partial charge in [-0.15, -0.1) is 0 Å². The molecule has 2 aliphatic heterocycles. The molecule has 0 atom stereocenters. The van der Waals surface area contributed by atoms with Crippen LogP contribution in [0.3, 0.4) is 0 Å². The number of para-hydroxylation sites is 5. The summed E-state index contributed by atoms with van der Waals surface area (Å²) < 4.78 is 5.12. The molecule has 0 amide bonds. The Labute approximate surface area is 581 Å². The van der Waals surface area contributed by atoms with Gasteiger partial charge < -0.3 is 18.9 Å². The lowest BCUT2D eigenvalue weighted by molar-refractivity contribution is 0.660. The van der Waals surface area contributed by atoms with E-state index in [2.05, 4.69) is 374 Å². The molecule has 100 heavy (non-hydrogen) atoms. The first kappa shape index (κ1) is 56.7. The van der Waals surface area contributed by atoms with E-state index in [4.69, 9.17) is 0 Å². The third-order valence-electron chi connectivity index (χ3n) is 22.7. The number of benzene rings is 15. The fourth-order valence-corrected chi connectivity index (χ4v) is 18.1.